The number of aromatic amines is 2. The average Bonchev–Trinajstić information content (AvgIpc) is 3.43. The molecule has 0 aliphatic rings. The molecular weight excluding hydrogens is 543 g/mol. The average molecular weight is 567 g/mol. The Kier molecular flexibility index (Phi) is 8.29. The van der Waals surface area contributed by atoms with Crippen LogP contribution in [0.1, 0.15) is 27.3 Å². The molecule has 4 N–H and O–H groups in total. The Morgan fingerprint density at radius 3 is 2.70 bits per heavy atom. The van der Waals surface area contributed by atoms with Gasteiger partial charge in [0.2, 0.25) is 0 Å². The predicted octanol–water partition coefficient (Wildman–Crippen LogP) is 0.823. The molecule has 4 rings (SSSR count). The summed E-state index contributed by atoms with van der Waals surface area (Å²) in [5, 5.41) is 24.2. The molecule has 2 aromatic carbocycles. The van der Waals surface area contributed by atoms with Crippen LogP contribution in [0.5, 0.6) is 0 Å². The first-order chi connectivity index (χ1) is 19.1. The number of carboxylic acids is 1. The van der Waals surface area contributed by atoms with E-state index < -0.39 is 45.9 Å². The van der Waals surface area contributed by atoms with E-state index in [4.69, 9.17) is 6.42 Å². The maximum Gasteiger partial charge on any atom is 0.327 e. The molecular formula is C25H23FN8O5S. The number of aryl methyl sites for hydroxylation is 2. The number of hydrogen-bond donors (Lipinski definition) is 4. The lowest BCUT2D eigenvalue weighted by molar-refractivity contribution is -0.138. The molecule has 13 nitrogen and oxygen atoms in total. The van der Waals surface area contributed by atoms with Crippen LogP contribution in [-0.2, 0) is 22.1 Å². The van der Waals surface area contributed by atoms with Gasteiger partial charge in [0, 0.05) is 12.2 Å². The minimum absolute atomic E-state index is 0.0912. The molecule has 2 aromatic heterocycles. The summed E-state index contributed by atoms with van der Waals surface area (Å²) in [5.74, 6) is -0.958. The second-order valence-electron chi connectivity index (χ2n) is 8.74. The molecule has 40 heavy (non-hydrogen) atoms. The van der Waals surface area contributed by atoms with Crippen molar-refractivity contribution in [2.75, 3.05) is 17.2 Å². The number of carbonyl (C=O) groups is 2. The molecule has 15 heteroatoms. The zero-order valence-corrected chi connectivity index (χ0v) is 22.1. The number of nitrogens with zero attached hydrogens (tertiary/aromatic N) is 5. The summed E-state index contributed by atoms with van der Waals surface area (Å²) in [6, 6.07) is 5.66. The molecule has 0 saturated carbocycles. The summed E-state index contributed by atoms with van der Waals surface area (Å²) < 4.78 is 27.4. The highest BCUT2D eigenvalue weighted by Crippen LogP contribution is 2.24. The van der Waals surface area contributed by atoms with E-state index in [2.05, 4.69) is 41.8 Å². The van der Waals surface area contributed by atoms with Crippen LogP contribution < -0.4 is 15.8 Å². The Labute approximate surface area is 228 Å². The van der Waals surface area contributed by atoms with E-state index in [1.165, 1.54) is 12.1 Å². The van der Waals surface area contributed by atoms with Gasteiger partial charge in [-0.15, -0.1) is 11.5 Å². The summed E-state index contributed by atoms with van der Waals surface area (Å²) >= 11 is 0. The third-order valence-electron chi connectivity index (χ3n) is 5.94. The number of halogens is 1. The summed E-state index contributed by atoms with van der Waals surface area (Å²) in [7, 11) is -1.98. The van der Waals surface area contributed by atoms with E-state index >= 15 is 4.39 Å². The Balaban J connectivity index is 1.55. The lowest BCUT2D eigenvalue weighted by Crippen LogP contribution is -2.44. The van der Waals surface area contributed by atoms with Crippen LogP contribution in [0.15, 0.2) is 40.3 Å². The number of terminal acetylenes is 1. The van der Waals surface area contributed by atoms with Gasteiger partial charge in [-0.1, -0.05) is 11.0 Å². The third kappa shape index (κ3) is 6.18. The lowest BCUT2D eigenvalue weighted by atomic mass is 10.0. The van der Waals surface area contributed by atoms with Crippen LogP contribution in [0.4, 0.5) is 10.1 Å². The van der Waals surface area contributed by atoms with Crippen LogP contribution in [0.2, 0.25) is 0 Å². The van der Waals surface area contributed by atoms with Crippen molar-refractivity contribution in [2.24, 2.45) is 0 Å². The summed E-state index contributed by atoms with van der Waals surface area (Å²) in [5.41, 5.74) is 1.82. The second kappa shape index (κ2) is 11.8. The molecule has 4 aromatic rings. The van der Waals surface area contributed by atoms with Crippen LogP contribution in [0.3, 0.4) is 0 Å². The fourth-order valence-corrected chi connectivity index (χ4v) is 4.90. The summed E-state index contributed by atoms with van der Waals surface area (Å²) in [6.07, 6.45) is 5.55. The zero-order valence-electron chi connectivity index (χ0n) is 21.3. The van der Waals surface area contributed by atoms with Gasteiger partial charge < -0.3 is 20.3 Å². The van der Waals surface area contributed by atoms with Crippen LogP contribution in [0, 0.1) is 32.0 Å². The van der Waals surface area contributed by atoms with E-state index in [9.17, 15) is 23.7 Å². The molecule has 0 aliphatic carbocycles. The predicted molar refractivity (Wildman–Crippen MR) is 142 cm³/mol. The van der Waals surface area contributed by atoms with Gasteiger partial charge >= 0.3 is 5.97 Å². The van der Waals surface area contributed by atoms with Gasteiger partial charge in [0.15, 0.2) is 0 Å². The van der Waals surface area contributed by atoms with E-state index in [1.54, 1.807) is 24.0 Å². The molecule has 0 saturated heterocycles. The number of aliphatic carboxylic acids is 1. The number of benzene rings is 2. The van der Waals surface area contributed by atoms with Crippen molar-refractivity contribution in [1.82, 2.24) is 35.9 Å². The smallest absolute Gasteiger partial charge is 0.327 e. The highest BCUT2D eigenvalue weighted by atomic mass is 32.2. The van der Waals surface area contributed by atoms with Crippen molar-refractivity contribution in [3.05, 3.63) is 69.0 Å². The van der Waals surface area contributed by atoms with Crippen molar-refractivity contribution in [3.63, 3.8) is 0 Å². The third-order valence-corrected chi connectivity index (χ3v) is 7.15. The molecule has 0 bridgehead atoms. The normalized spacial score (nSPS) is 12.4. The largest absolute Gasteiger partial charge is 0.480 e. The number of aromatic nitrogens is 6. The molecule has 1 amide bonds. The number of amides is 1. The molecule has 0 aliphatic heterocycles. The van der Waals surface area contributed by atoms with Crippen molar-refractivity contribution >= 4 is 39.3 Å². The number of nitrogens with one attached hydrogen (secondary N) is 3. The van der Waals surface area contributed by atoms with E-state index in [1.807, 2.05) is 6.92 Å². The number of rotatable bonds is 10. The number of tetrazole rings is 1. The van der Waals surface area contributed by atoms with Gasteiger partial charge in [-0.25, -0.2) is 14.2 Å². The Hall–Kier alpha value is -4.97. The van der Waals surface area contributed by atoms with Crippen molar-refractivity contribution in [3.8, 4) is 12.3 Å². The molecule has 0 spiro atoms. The molecule has 1 unspecified atom stereocenters. The first-order valence-electron chi connectivity index (χ1n) is 11.7. The molecule has 206 valence electrons. The zero-order chi connectivity index (χ0) is 29.0. The van der Waals surface area contributed by atoms with Gasteiger partial charge in [-0.2, -0.15) is 5.21 Å². The standard InChI is InChI=1S/C25H23FN8O5S/c1-4-7-34(11-15-9-18-20(8-13(15)2)27-14(3)28-23(18)36)16-5-6-17(19(26)10-16)22(35)29-21(24(37)38)12-40(39)25-30-32-33-31-25/h1,5-6,8-10,21H,7,11-12H2,2-3H3,(H,29,35)(H,37,38)(H,27,28,36)(H,30,31,32,33)/t21-,40?/m0/s1. The quantitative estimate of drug-likeness (QED) is 0.200. The fraction of sp³-hybridized carbons (Fsp3) is 0.240. The minimum atomic E-state index is -1.98. The number of hydrogen-bond acceptors (Lipinski definition) is 9. The number of carboxylic acid groups (broad SMARTS) is 1. The van der Waals surface area contributed by atoms with E-state index in [0.29, 0.717) is 22.4 Å². The monoisotopic (exact) mass is 566 g/mol. The van der Waals surface area contributed by atoms with Gasteiger partial charge in [0.05, 0.1) is 39.6 Å². The van der Waals surface area contributed by atoms with Crippen molar-refractivity contribution in [2.45, 2.75) is 31.6 Å². The topological polar surface area (TPSA) is 187 Å². The van der Waals surface area contributed by atoms with Crippen molar-refractivity contribution in [1.29, 1.82) is 0 Å². The Morgan fingerprint density at radius 2 is 2.05 bits per heavy atom. The van der Waals surface area contributed by atoms with E-state index in [0.717, 1.165) is 17.2 Å². The Bertz CT molecular complexity index is 1720. The van der Waals surface area contributed by atoms with Gasteiger partial charge in [0.25, 0.3) is 16.6 Å². The van der Waals surface area contributed by atoms with Gasteiger partial charge in [0.1, 0.15) is 17.7 Å². The highest BCUT2D eigenvalue weighted by molar-refractivity contribution is 7.84. The molecule has 2 heterocycles. The maximum atomic E-state index is 15.1. The molecule has 2 atom stereocenters. The Morgan fingerprint density at radius 1 is 1.27 bits per heavy atom. The fourth-order valence-electron chi connectivity index (χ4n) is 3.95. The van der Waals surface area contributed by atoms with Gasteiger partial charge in [-0.3, -0.25) is 13.8 Å². The first kappa shape index (κ1) is 28.0. The number of carbonyl (C=O) groups excluding carboxylic acids is 1. The summed E-state index contributed by atoms with van der Waals surface area (Å²) in [4.78, 5) is 45.5. The van der Waals surface area contributed by atoms with Crippen LogP contribution >= 0.6 is 0 Å². The molecule has 0 fully saturated rings. The van der Waals surface area contributed by atoms with Crippen LogP contribution in [-0.4, -0.2) is 70.1 Å². The minimum Gasteiger partial charge on any atom is -0.480 e. The SMILES string of the molecule is C#CCN(Cc1cc2c(=O)[nH]c(C)nc2cc1C)c1ccc(C(=O)N[C@@H](CS(=O)c2nn[nH]n2)C(=O)O)c(F)c1. The van der Waals surface area contributed by atoms with Crippen LogP contribution in [0.25, 0.3) is 10.9 Å². The number of fused-ring (bicyclic) bond motifs is 1. The summed E-state index contributed by atoms with van der Waals surface area (Å²) in [6.45, 7) is 3.87. The maximum absolute atomic E-state index is 15.1. The number of anilines is 1. The van der Waals surface area contributed by atoms with Crippen molar-refractivity contribution < 1.29 is 23.3 Å². The van der Waals surface area contributed by atoms with E-state index in [-0.39, 0.29) is 23.8 Å². The second-order valence-corrected chi connectivity index (χ2v) is 10.1. The highest BCUT2D eigenvalue weighted by Gasteiger charge is 2.27. The first-order valence-corrected chi connectivity index (χ1v) is 13.0. The lowest BCUT2D eigenvalue weighted by Gasteiger charge is -2.24. The molecule has 0 radical (unpaired) electrons. The number of H-pyrrole nitrogens is 2. The van der Waals surface area contributed by atoms with Gasteiger partial charge in [-0.05, 0) is 60.5 Å².